The molecule has 0 saturated heterocycles. The first-order valence-electron chi connectivity index (χ1n) is 3.83. The third kappa shape index (κ3) is 1.88. The Bertz CT molecular complexity index is 486. The molecule has 5 nitrogen and oxygen atoms in total. The van der Waals surface area contributed by atoms with Gasteiger partial charge in [-0.3, -0.25) is 13.9 Å². The van der Waals surface area contributed by atoms with E-state index in [1.165, 1.54) is 17.7 Å². The van der Waals surface area contributed by atoms with Crippen LogP contribution in [0.5, 0.6) is 0 Å². The van der Waals surface area contributed by atoms with E-state index in [1.54, 1.807) is 0 Å². The highest BCUT2D eigenvalue weighted by molar-refractivity contribution is 6.29. The van der Waals surface area contributed by atoms with Crippen molar-refractivity contribution >= 4 is 17.4 Å². The second kappa shape index (κ2) is 3.71. The van der Waals surface area contributed by atoms with Gasteiger partial charge in [-0.15, -0.1) is 0 Å². The van der Waals surface area contributed by atoms with Gasteiger partial charge < -0.3 is 5.73 Å². The highest BCUT2D eigenvalue weighted by atomic mass is 35.5. The summed E-state index contributed by atoms with van der Waals surface area (Å²) in [6.07, 6.45) is 0. The summed E-state index contributed by atoms with van der Waals surface area (Å²) in [7, 11) is 1.48. The van der Waals surface area contributed by atoms with E-state index in [4.69, 9.17) is 17.3 Å². The van der Waals surface area contributed by atoms with E-state index < -0.39 is 11.2 Å². The van der Waals surface area contributed by atoms with Crippen molar-refractivity contribution in [2.45, 2.75) is 6.54 Å². The van der Waals surface area contributed by atoms with Gasteiger partial charge in [0.15, 0.2) is 0 Å². The smallest absolute Gasteiger partial charge is 0.332 e. The molecule has 1 aromatic rings. The summed E-state index contributed by atoms with van der Waals surface area (Å²) < 4.78 is 2.13. The lowest BCUT2D eigenvalue weighted by Gasteiger charge is -2.07. The number of allylic oxidation sites excluding steroid dienone is 1. The SMILES string of the molecule is C=C(Cl)Cn1c(=O)cc(N)n(C)c1=O. The van der Waals surface area contributed by atoms with E-state index in [-0.39, 0.29) is 17.4 Å². The lowest BCUT2D eigenvalue weighted by Crippen LogP contribution is -2.39. The monoisotopic (exact) mass is 215 g/mol. The quantitative estimate of drug-likeness (QED) is 0.748. The molecule has 0 spiro atoms. The second-order valence-corrected chi connectivity index (χ2v) is 3.39. The highest BCUT2D eigenvalue weighted by Crippen LogP contribution is 1.98. The number of halogens is 1. The summed E-state index contributed by atoms with van der Waals surface area (Å²) >= 11 is 5.51. The topological polar surface area (TPSA) is 70.0 Å². The number of hydrogen-bond acceptors (Lipinski definition) is 3. The van der Waals surface area contributed by atoms with Crippen LogP contribution in [0.25, 0.3) is 0 Å². The third-order valence-corrected chi connectivity index (χ3v) is 1.89. The minimum atomic E-state index is -0.503. The molecule has 2 N–H and O–H groups in total. The number of aromatic nitrogens is 2. The number of nitrogens with zero attached hydrogens (tertiary/aromatic N) is 2. The molecule has 1 aromatic heterocycles. The lowest BCUT2D eigenvalue weighted by molar-refractivity contribution is 0.651. The molecule has 0 saturated carbocycles. The number of nitrogens with two attached hydrogens (primary N) is 1. The van der Waals surface area contributed by atoms with Gasteiger partial charge in [0.2, 0.25) is 0 Å². The van der Waals surface area contributed by atoms with E-state index in [9.17, 15) is 9.59 Å². The summed E-state index contributed by atoms with van der Waals surface area (Å²) in [5.41, 5.74) is 4.43. The number of rotatable bonds is 2. The average Bonchev–Trinajstić information content (AvgIpc) is 2.09. The zero-order chi connectivity index (χ0) is 10.9. The maximum Gasteiger partial charge on any atom is 0.332 e. The number of nitrogen functional groups attached to an aromatic ring is 1. The maximum atomic E-state index is 11.5. The van der Waals surface area contributed by atoms with Gasteiger partial charge in [0.25, 0.3) is 5.56 Å². The largest absolute Gasteiger partial charge is 0.385 e. The predicted molar refractivity (Wildman–Crippen MR) is 55.3 cm³/mol. The van der Waals surface area contributed by atoms with Gasteiger partial charge >= 0.3 is 5.69 Å². The van der Waals surface area contributed by atoms with Gasteiger partial charge in [0, 0.05) is 18.1 Å². The van der Waals surface area contributed by atoms with Gasteiger partial charge in [-0.25, -0.2) is 4.79 Å². The summed E-state index contributed by atoms with van der Waals surface area (Å²) in [5.74, 6) is 0.122. The molecule has 0 bridgehead atoms. The average molecular weight is 216 g/mol. The Balaban J connectivity index is 3.45. The van der Waals surface area contributed by atoms with Crippen molar-refractivity contribution in [3.8, 4) is 0 Å². The minimum absolute atomic E-state index is 0.00660. The Morgan fingerprint density at radius 2 is 2.21 bits per heavy atom. The van der Waals surface area contributed by atoms with E-state index in [1.807, 2.05) is 0 Å². The van der Waals surface area contributed by atoms with Crippen molar-refractivity contribution in [3.05, 3.63) is 38.5 Å². The molecule has 0 amide bonds. The van der Waals surface area contributed by atoms with Crippen molar-refractivity contribution in [2.75, 3.05) is 5.73 Å². The molecular formula is C8H10ClN3O2. The van der Waals surface area contributed by atoms with E-state index in [0.717, 1.165) is 4.57 Å². The van der Waals surface area contributed by atoms with Crippen LogP contribution in [-0.2, 0) is 13.6 Å². The molecule has 6 heteroatoms. The van der Waals surface area contributed by atoms with Crippen LogP contribution >= 0.6 is 11.6 Å². The van der Waals surface area contributed by atoms with Gasteiger partial charge in [-0.05, 0) is 0 Å². The molecule has 0 unspecified atom stereocenters. The minimum Gasteiger partial charge on any atom is -0.385 e. The molecule has 0 atom stereocenters. The summed E-state index contributed by atoms with van der Waals surface area (Å²) in [5, 5.41) is 0.217. The molecule has 76 valence electrons. The van der Waals surface area contributed by atoms with Gasteiger partial charge in [-0.2, -0.15) is 0 Å². The first-order chi connectivity index (χ1) is 6.43. The molecule has 0 aliphatic heterocycles. The van der Waals surface area contributed by atoms with Crippen molar-refractivity contribution in [2.24, 2.45) is 7.05 Å². The summed E-state index contributed by atoms with van der Waals surface area (Å²) in [4.78, 5) is 22.8. The van der Waals surface area contributed by atoms with Crippen LogP contribution in [0.3, 0.4) is 0 Å². The molecule has 14 heavy (non-hydrogen) atoms. The van der Waals surface area contributed by atoms with Crippen LogP contribution < -0.4 is 17.0 Å². The normalized spacial score (nSPS) is 10.1. The first kappa shape index (κ1) is 10.6. The Hall–Kier alpha value is -1.49. The van der Waals surface area contributed by atoms with Crippen molar-refractivity contribution in [1.29, 1.82) is 0 Å². The zero-order valence-corrected chi connectivity index (χ0v) is 8.41. The fourth-order valence-electron chi connectivity index (χ4n) is 1.00. The molecule has 0 aliphatic rings. The highest BCUT2D eigenvalue weighted by Gasteiger charge is 2.06. The van der Waals surface area contributed by atoms with Crippen LogP contribution in [0.4, 0.5) is 5.82 Å². The fraction of sp³-hybridized carbons (Fsp3) is 0.250. The first-order valence-corrected chi connectivity index (χ1v) is 4.21. The summed E-state index contributed by atoms with van der Waals surface area (Å²) in [6, 6.07) is 1.17. The van der Waals surface area contributed by atoms with Crippen LogP contribution in [-0.4, -0.2) is 9.13 Å². The molecule has 0 fully saturated rings. The molecule has 0 aromatic carbocycles. The van der Waals surface area contributed by atoms with E-state index in [0.29, 0.717) is 0 Å². The van der Waals surface area contributed by atoms with Gasteiger partial charge in [0.1, 0.15) is 5.82 Å². The molecule has 0 radical (unpaired) electrons. The molecule has 1 rings (SSSR count). The van der Waals surface area contributed by atoms with Crippen LogP contribution in [0, 0.1) is 0 Å². The second-order valence-electron chi connectivity index (χ2n) is 2.85. The number of hydrogen-bond donors (Lipinski definition) is 1. The van der Waals surface area contributed by atoms with Crippen LogP contribution in [0.15, 0.2) is 27.3 Å². The summed E-state index contributed by atoms with van der Waals surface area (Å²) in [6.45, 7) is 3.40. The van der Waals surface area contributed by atoms with Gasteiger partial charge in [-0.1, -0.05) is 18.2 Å². The predicted octanol–water partition coefficient (Wildman–Crippen LogP) is -0.118. The Morgan fingerprint density at radius 1 is 1.64 bits per heavy atom. The van der Waals surface area contributed by atoms with Crippen molar-refractivity contribution < 1.29 is 0 Å². The Labute approximate surface area is 85.0 Å². The molecule has 1 heterocycles. The maximum absolute atomic E-state index is 11.5. The standard InChI is InChI=1S/C8H10ClN3O2/c1-5(9)4-12-7(13)3-6(10)11(2)8(12)14/h3H,1,4,10H2,2H3. The zero-order valence-electron chi connectivity index (χ0n) is 7.66. The molecular weight excluding hydrogens is 206 g/mol. The Kier molecular flexibility index (Phi) is 2.81. The van der Waals surface area contributed by atoms with E-state index in [2.05, 4.69) is 6.58 Å². The van der Waals surface area contributed by atoms with Crippen molar-refractivity contribution in [3.63, 3.8) is 0 Å². The number of anilines is 1. The fourth-order valence-corrected chi connectivity index (χ4v) is 1.12. The lowest BCUT2D eigenvalue weighted by atomic mass is 10.5. The van der Waals surface area contributed by atoms with Crippen LogP contribution in [0.2, 0.25) is 0 Å². The van der Waals surface area contributed by atoms with E-state index >= 15 is 0 Å². The third-order valence-electron chi connectivity index (χ3n) is 1.77. The Morgan fingerprint density at radius 3 is 2.71 bits per heavy atom. The van der Waals surface area contributed by atoms with Crippen LogP contribution in [0.1, 0.15) is 0 Å². The van der Waals surface area contributed by atoms with Gasteiger partial charge in [0.05, 0.1) is 6.54 Å². The molecule has 0 aliphatic carbocycles. The van der Waals surface area contributed by atoms with Crippen molar-refractivity contribution in [1.82, 2.24) is 9.13 Å².